The van der Waals surface area contributed by atoms with Gasteiger partial charge in [0.15, 0.2) is 16.3 Å². The van der Waals surface area contributed by atoms with Crippen LogP contribution in [0, 0.1) is 0 Å². The monoisotopic (exact) mass is 595 g/mol. The van der Waals surface area contributed by atoms with Crippen LogP contribution in [-0.2, 0) is 9.53 Å². The number of carbonyl (C=O) groups excluding carboxylic acids is 1. The first-order valence-electron chi connectivity index (χ1n) is 14.4. The van der Waals surface area contributed by atoms with Crippen LogP contribution in [0.4, 0.5) is 5.69 Å². The van der Waals surface area contributed by atoms with Crippen molar-refractivity contribution in [2.24, 2.45) is 4.99 Å². The van der Waals surface area contributed by atoms with Crippen molar-refractivity contribution in [2.45, 2.75) is 25.8 Å². The Morgan fingerprint density at radius 2 is 1.70 bits per heavy atom. The van der Waals surface area contributed by atoms with Gasteiger partial charge in [-0.15, -0.1) is 0 Å². The molecular formula is C34H33N3O5S. The van der Waals surface area contributed by atoms with E-state index in [2.05, 4.69) is 17.0 Å². The number of nitrogens with zero attached hydrogens (tertiary/aromatic N) is 3. The summed E-state index contributed by atoms with van der Waals surface area (Å²) in [4.78, 5) is 35.6. The molecule has 1 saturated heterocycles. The molecule has 9 heteroatoms. The van der Waals surface area contributed by atoms with E-state index >= 15 is 0 Å². The summed E-state index contributed by atoms with van der Waals surface area (Å²) >= 11 is 1.30. The highest BCUT2D eigenvalue weighted by Gasteiger charge is 2.35. The molecule has 0 amide bonds. The third-order valence-electron chi connectivity index (χ3n) is 7.76. The minimum absolute atomic E-state index is 0.181. The Kier molecular flexibility index (Phi) is 8.16. The highest BCUT2D eigenvalue weighted by molar-refractivity contribution is 7.07. The lowest BCUT2D eigenvalue weighted by Crippen LogP contribution is -2.40. The van der Waals surface area contributed by atoms with Crippen LogP contribution in [0.3, 0.4) is 0 Å². The van der Waals surface area contributed by atoms with Gasteiger partial charge in [0.1, 0.15) is 0 Å². The Balaban J connectivity index is 1.56. The third kappa shape index (κ3) is 5.48. The van der Waals surface area contributed by atoms with Gasteiger partial charge < -0.3 is 19.1 Å². The topological polar surface area (TPSA) is 82.4 Å². The molecule has 0 radical (unpaired) electrons. The molecule has 0 spiro atoms. The molecule has 43 heavy (non-hydrogen) atoms. The minimum atomic E-state index is -0.801. The molecule has 1 aromatic heterocycles. The quantitative estimate of drug-likeness (QED) is 0.278. The molecule has 1 atom stereocenters. The lowest BCUT2D eigenvalue weighted by Gasteiger charge is -2.26. The molecule has 3 aromatic carbocycles. The van der Waals surface area contributed by atoms with Crippen LogP contribution >= 0.6 is 11.3 Å². The van der Waals surface area contributed by atoms with Crippen LogP contribution in [0.5, 0.6) is 11.5 Å². The molecule has 3 heterocycles. The van der Waals surface area contributed by atoms with Crippen molar-refractivity contribution < 1.29 is 19.0 Å². The van der Waals surface area contributed by atoms with E-state index in [0.717, 1.165) is 24.2 Å². The van der Waals surface area contributed by atoms with Crippen molar-refractivity contribution in [3.05, 3.63) is 115 Å². The highest BCUT2D eigenvalue weighted by atomic mass is 32.1. The maximum Gasteiger partial charge on any atom is 0.338 e. The van der Waals surface area contributed by atoms with Crippen LogP contribution in [-0.4, -0.2) is 44.5 Å². The number of esters is 1. The molecule has 4 aromatic rings. The van der Waals surface area contributed by atoms with Gasteiger partial charge in [0.2, 0.25) is 0 Å². The SMILES string of the molecule is CCOC(=O)C1=C(c2ccccc2)N=c2s/c(=C/c3ccc(N4CCCC4)cc3)c(=O)n2[C@@H]1c1ccc(OC)c(OC)c1. The number of carbonyl (C=O) groups is 1. The zero-order valence-electron chi connectivity index (χ0n) is 24.4. The number of fused-ring (bicyclic) bond motifs is 1. The molecule has 220 valence electrons. The molecule has 0 unspecified atom stereocenters. The Morgan fingerprint density at radius 3 is 2.37 bits per heavy atom. The lowest BCUT2D eigenvalue weighted by atomic mass is 9.93. The first kappa shape index (κ1) is 28.5. The summed E-state index contributed by atoms with van der Waals surface area (Å²) in [6.07, 6.45) is 4.31. The zero-order chi connectivity index (χ0) is 29.9. The van der Waals surface area contributed by atoms with Crippen molar-refractivity contribution in [1.82, 2.24) is 4.57 Å². The Hall–Kier alpha value is -4.63. The summed E-state index contributed by atoms with van der Waals surface area (Å²) < 4.78 is 18.7. The molecule has 2 aliphatic heterocycles. The predicted octanol–water partition coefficient (Wildman–Crippen LogP) is 4.55. The van der Waals surface area contributed by atoms with Gasteiger partial charge >= 0.3 is 5.97 Å². The van der Waals surface area contributed by atoms with Crippen molar-refractivity contribution >= 4 is 34.8 Å². The highest BCUT2D eigenvalue weighted by Crippen LogP contribution is 2.38. The summed E-state index contributed by atoms with van der Waals surface area (Å²) in [7, 11) is 3.12. The van der Waals surface area contributed by atoms with E-state index in [9.17, 15) is 9.59 Å². The van der Waals surface area contributed by atoms with Crippen LogP contribution in [0.1, 0.15) is 42.5 Å². The van der Waals surface area contributed by atoms with Gasteiger partial charge in [0.05, 0.1) is 42.7 Å². The van der Waals surface area contributed by atoms with E-state index < -0.39 is 12.0 Å². The van der Waals surface area contributed by atoms with Crippen LogP contribution in [0.25, 0.3) is 11.8 Å². The number of thiazole rings is 1. The second-order valence-corrected chi connectivity index (χ2v) is 11.3. The van der Waals surface area contributed by atoms with Crippen molar-refractivity contribution in [3.63, 3.8) is 0 Å². The molecule has 0 saturated carbocycles. The van der Waals surface area contributed by atoms with Gasteiger partial charge in [0, 0.05) is 24.3 Å². The lowest BCUT2D eigenvalue weighted by molar-refractivity contribution is -0.138. The van der Waals surface area contributed by atoms with Crippen molar-refractivity contribution in [3.8, 4) is 11.5 Å². The largest absolute Gasteiger partial charge is 0.493 e. The van der Waals surface area contributed by atoms with Gasteiger partial charge in [-0.05, 0) is 61.2 Å². The summed E-state index contributed by atoms with van der Waals surface area (Å²) in [5, 5.41) is 0. The van der Waals surface area contributed by atoms with Gasteiger partial charge in [-0.1, -0.05) is 59.9 Å². The molecule has 2 aliphatic rings. The molecule has 6 rings (SSSR count). The van der Waals surface area contributed by atoms with E-state index in [-0.39, 0.29) is 17.7 Å². The number of methoxy groups -OCH3 is 2. The Morgan fingerprint density at radius 1 is 0.977 bits per heavy atom. The molecule has 0 aliphatic carbocycles. The van der Waals surface area contributed by atoms with Crippen molar-refractivity contribution in [1.29, 1.82) is 0 Å². The molecule has 0 N–H and O–H groups in total. The fraction of sp³-hybridized carbons (Fsp3) is 0.265. The van der Waals surface area contributed by atoms with Gasteiger partial charge in [-0.25, -0.2) is 9.79 Å². The molecule has 8 nitrogen and oxygen atoms in total. The maximum atomic E-state index is 14.2. The van der Waals surface area contributed by atoms with E-state index in [1.54, 1.807) is 37.8 Å². The Labute approximate surface area is 253 Å². The van der Waals surface area contributed by atoms with Crippen LogP contribution in [0.2, 0.25) is 0 Å². The summed E-state index contributed by atoms with van der Waals surface area (Å²) in [6.45, 7) is 4.08. The average molecular weight is 596 g/mol. The van der Waals surface area contributed by atoms with E-state index in [4.69, 9.17) is 19.2 Å². The second kappa shape index (κ2) is 12.3. The second-order valence-electron chi connectivity index (χ2n) is 10.3. The normalized spacial score (nSPS) is 16.6. The maximum absolute atomic E-state index is 14.2. The van der Waals surface area contributed by atoms with E-state index in [1.165, 1.54) is 29.9 Å². The molecule has 0 bridgehead atoms. The van der Waals surface area contributed by atoms with Crippen LogP contribution < -0.4 is 29.3 Å². The predicted molar refractivity (Wildman–Crippen MR) is 168 cm³/mol. The zero-order valence-corrected chi connectivity index (χ0v) is 25.2. The average Bonchev–Trinajstić information content (AvgIpc) is 3.69. The van der Waals surface area contributed by atoms with E-state index in [0.29, 0.717) is 32.1 Å². The standard InChI is InChI=1S/C34H33N3O5S/c1-4-42-33(39)29-30(23-10-6-5-7-11-23)35-34-37(31(29)24-14-17-26(40-2)27(21-24)41-3)32(38)28(43-34)20-22-12-15-25(16-13-22)36-18-8-9-19-36/h5-7,10-17,20-21,31H,4,8-9,18-19H2,1-3H3/b28-20+/t31-/m1/s1. The fourth-order valence-corrected chi connectivity index (χ4v) is 6.69. The minimum Gasteiger partial charge on any atom is -0.493 e. The first-order chi connectivity index (χ1) is 21.0. The number of rotatable bonds is 8. The summed E-state index contributed by atoms with van der Waals surface area (Å²) in [5.41, 5.74) is 4.06. The van der Waals surface area contributed by atoms with Crippen LogP contribution in [0.15, 0.2) is 88.2 Å². The number of anilines is 1. The van der Waals surface area contributed by atoms with Gasteiger partial charge in [-0.3, -0.25) is 9.36 Å². The summed E-state index contributed by atoms with van der Waals surface area (Å²) in [5.74, 6) is 0.499. The number of ether oxygens (including phenoxy) is 3. The fourth-order valence-electron chi connectivity index (χ4n) is 5.69. The summed E-state index contributed by atoms with van der Waals surface area (Å²) in [6, 6.07) is 22.4. The van der Waals surface area contributed by atoms with Gasteiger partial charge in [-0.2, -0.15) is 0 Å². The molecule has 1 fully saturated rings. The third-order valence-corrected chi connectivity index (χ3v) is 8.74. The van der Waals surface area contributed by atoms with E-state index in [1.807, 2.05) is 54.6 Å². The Bertz CT molecular complexity index is 1850. The molecular weight excluding hydrogens is 562 g/mol. The van der Waals surface area contributed by atoms with Crippen molar-refractivity contribution in [2.75, 3.05) is 38.8 Å². The number of hydrogen-bond acceptors (Lipinski definition) is 8. The number of hydrogen-bond donors (Lipinski definition) is 0. The first-order valence-corrected chi connectivity index (χ1v) is 15.2. The number of benzene rings is 3. The smallest absolute Gasteiger partial charge is 0.338 e. The van der Waals surface area contributed by atoms with Gasteiger partial charge in [0.25, 0.3) is 5.56 Å². The number of aromatic nitrogens is 1.